The van der Waals surface area contributed by atoms with Gasteiger partial charge in [0.2, 0.25) is 0 Å². The first kappa shape index (κ1) is 36.3. The molecule has 2 saturated carbocycles. The summed E-state index contributed by atoms with van der Waals surface area (Å²) in [5.41, 5.74) is 11.2. The minimum Gasteiger partial charge on any atom is -0.300 e. The third-order valence-corrected chi connectivity index (χ3v) is 12.2. The van der Waals surface area contributed by atoms with Crippen LogP contribution in [0.1, 0.15) is 151 Å². The molecule has 0 radical (unpaired) electrons. The summed E-state index contributed by atoms with van der Waals surface area (Å²) in [7, 11) is 0. The van der Waals surface area contributed by atoms with Gasteiger partial charge in [-0.1, -0.05) is 137 Å². The van der Waals surface area contributed by atoms with E-state index in [9.17, 15) is 4.79 Å². The van der Waals surface area contributed by atoms with Crippen LogP contribution in [0, 0.1) is 11.8 Å². The van der Waals surface area contributed by atoms with E-state index in [1.165, 1.54) is 122 Å². The first-order chi connectivity index (χ1) is 24.6. The summed E-state index contributed by atoms with van der Waals surface area (Å²) < 4.78 is 0. The van der Waals surface area contributed by atoms with Gasteiger partial charge in [0.25, 0.3) is 0 Å². The Balaban J connectivity index is 0.823. The molecule has 0 spiro atoms. The van der Waals surface area contributed by atoms with E-state index in [2.05, 4.69) is 111 Å². The Labute approximate surface area is 304 Å². The van der Waals surface area contributed by atoms with E-state index in [1.807, 2.05) is 0 Å². The van der Waals surface area contributed by atoms with Gasteiger partial charge in [-0.15, -0.1) is 0 Å². The van der Waals surface area contributed by atoms with Gasteiger partial charge in [-0.2, -0.15) is 0 Å². The van der Waals surface area contributed by atoms with Crippen LogP contribution in [-0.2, 0) is 17.6 Å². The summed E-state index contributed by atoms with van der Waals surface area (Å²) in [6.45, 7) is 4.48. The molecule has 0 aromatic heterocycles. The molecule has 1 heteroatoms. The summed E-state index contributed by atoms with van der Waals surface area (Å²) in [4.78, 5) is 12.8. The molecule has 4 aromatic carbocycles. The average Bonchev–Trinajstić information content (AvgIpc) is 3.16. The highest BCUT2D eigenvalue weighted by Gasteiger charge is 2.24. The minimum atomic E-state index is 0.507. The number of carbonyl (C=O) groups is 1. The van der Waals surface area contributed by atoms with Crippen LogP contribution in [0.5, 0.6) is 0 Å². The molecule has 4 aromatic rings. The van der Waals surface area contributed by atoms with Crippen molar-refractivity contribution >= 4 is 5.78 Å². The molecule has 0 amide bonds. The average molecular weight is 667 g/mol. The highest BCUT2D eigenvalue weighted by molar-refractivity contribution is 5.78. The lowest BCUT2D eigenvalue weighted by Gasteiger charge is -2.29. The summed E-state index contributed by atoms with van der Waals surface area (Å²) in [5.74, 6) is 3.52. The van der Waals surface area contributed by atoms with Crippen LogP contribution in [0.25, 0.3) is 22.3 Å². The molecule has 1 nitrogen and oxygen atoms in total. The molecule has 0 atom stereocenters. The first-order valence-corrected chi connectivity index (χ1v) is 20.5. The minimum absolute atomic E-state index is 0.507. The van der Waals surface area contributed by atoms with Gasteiger partial charge in [-0.25, -0.2) is 0 Å². The van der Waals surface area contributed by atoms with Crippen LogP contribution in [0.4, 0.5) is 0 Å². The Bertz CT molecular complexity index is 1440. The van der Waals surface area contributed by atoms with E-state index in [1.54, 1.807) is 0 Å². The zero-order valence-electron chi connectivity index (χ0n) is 31.2. The molecule has 0 unspecified atom stereocenters. The quantitative estimate of drug-likeness (QED) is 0.116. The SMILES string of the molecule is CCCc1ccc(-c2ccc(C3CCC(CCCC(=O)CCC[C@H]4CC[C@H](c5ccc(-c6ccc(CCC)cc6)cc5)CC4)CC3)cc2)cc1. The monoisotopic (exact) mass is 666 g/mol. The van der Waals surface area contributed by atoms with Crippen LogP contribution >= 0.6 is 0 Å². The predicted molar refractivity (Wildman–Crippen MR) is 214 cm³/mol. The number of ketones is 1. The highest BCUT2D eigenvalue weighted by atomic mass is 16.1. The van der Waals surface area contributed by atoms with E-state index >= 15 is 0 Å². The molecule has 6 rings (SSSR count). The number of hydrogen-bond donors (Lipinski definition) is 0. The van der Waals surface area contributed by atoms with Gasteiger partial charge in [0.1, 0.15) is 5.78 Å². The van der Waals surface area contributed by atoms with Crippen LogP contribution in [0.15, 0.2) is 97.1 Å². The van der Waals surface area contributed by atoms with Crippen molar-refractivity contribution in [2.75, 3.05) is 0 Å². The molecule has 0 heterocycles. The van der Waals surface area contributed by atoms with Crippen molar-refractivity contribution in [1.82, 2.24) is 0 Å². The van der Waals surface area contributed by atoms with Crippen LogP contribution < -0.4 is 0 Å². The number of hydrogen-bond acceptors (Lipinski definition) is 1. The van der Waals surface area contributed by atoms with E-state index in [-0.39, 0.29) is 0 Å². The number of benzene rings is 4. The molecule has 264 valence electrons. The third kappa shape index (κ3) is 10.3. The fraction of sp³-hybridized carbons (Fsp3) is 0.490. The Morgan fingerprint density at radius 2 is 0.780 bits per heavy atom. The molecule has 0 aliphatic heterocycles. The van der Waals surface area contributed by atoms with Crippen molar-refractivity contribution < 1.29 is 4.79 Å². The molecule has 0 saturated heterocycles. The van der Waals surface area contributed by atoms with Crippen LogP contribution in [0.3, 0.4) is 0 Å². The van der Waals surface area contributed by atoms with Crippen molar-refractivity contribution in [2.45, 2.75) is 141 Å². The molecular formula is C49H62O. The maximum absolute atomic E-state index is 12.8. The third-order valence-electron chi connectivity index (χ3n) is 12.2. The number of rotatable bonds is 16. The van der Waals surface area contributed by atoms with Crippen molar-refractivity contribution in [1.29, 1.82) is 0 Å². The summed E-state index contributed by atoms with van der Waals surface area (Å²) in [6.07, 6.45) is 21.4. The van der Waals surface area contributed by atoms with Gasteiger partial charge in [-0.05, 0) is 145 Å². The van der Waals surface area contributed by atoms with Gasteiger partial charge >= 0.3 is 0 Å². The zero-order chi connectivity index (χ0) is 34.5. The van der Waals surface area contributed by atoms with Crippen molar-refractivity contribution in [2.24, 2.45) is 11.8 Å². The Morgan fingerprint density at radius 1 is 0.460 bits per heavy atom. The lowest BCUT2D eigenvalue weighted by atomic mass is 9.76. The normalized spacial score (nSPS) is 20.8. The second-order valence-electron chi connectivity index (χ2n) is 15.9. The largest absolute Gasteiger partial charge is 0.300 e. The standard InChI is InChI=1S/C49H62O/c1-3-7-37-13-21-41(22-14-37)45-29-33-47(34-30-45)43-25-17-39(18-26-43)9-5-11-49(50)12-6-10-40-19-27-44(28-20-40)48-35-31-46(32-36-48)42-23-15-38(8-4-2)16-24-42/h13-16,21-24,29-36,39-40,43-44H,3-12,17-20,25-28H2,1-2H3/t39-,40?,43-,44?. The molecular weight excluding hydrogens is 605 g/mol. The van der Waals surface area contributed by atoms with Crippen molar-refractivity contribution in [3.05, 3.63) is 119 Å². The number of Topliss-reactive ketones (excluding diaryl/α,β-unsaturated/α-hetero) is 1. The lowest BCUT2D eigenvalue weighted by molar-refractivity contribution is -0.119. The maximum Gasteiger partial charge on any atom is 0.132 e. The van der Waals surface area contributed by atoms with Crippen LogP contribution in [0.2, 0.25) is 0 Å². The second kappa shape index (κ2) is 18.7. The van der Waals surface area contributed by atoms with E-state index in [0.717, 1.165) is 50.4 Å². The fourth-order valence-corrected chi connectivity index (χ4v) is 9.07. The molecule has 0 bridgehead atoms. The predicted octanol–water partition coefficient (Wildman–Crippen LogP) is 14.1. The number of carbonyl (C=O) groups excluding carboxylic acids is 1. The van der Waals surface area contributed by atoms with E-state index in [4.69, 9.17) is 0 Å². The van der Waals surface area contributed by atoms with Crippen LogP contribution in [-0.4, -0.2) is 5.78 Å². The fourth-order valence-electron chi connectivity index (χ4n) is 9.07. The van der Waals surface area contributed by atoms with Gasteiger partial charge in [0, 0.05) is 12.8 Å². The molecule has 0 N–H and O–H groups in total. The molecule has 2 fully saturated rings. The van der Waals surface area contributed by atoms with Crippen molar-refractivity contribution in [3.63, 3.8) is 0 Å². The summed E-state index contributed by atoms with van der Waals surface area (Å²) in [6, 6.07) is 37.0. The summed E-state index contributed by atoms with van der Waals surface area (Å²) in [5, 5.41) is 0. The molecule has 50 heavy (non-hydrogen) atoms. The van der Waals surface area contributed by atoms with Gasteiger partial charge in [0.15, 0.2) is 0 Å². The summed E-state index contributed by atoms with van der Waals surface area (Å²) >= 11 is 0. The lowest BCUT2D eigenvalue weighted by Crippen LogP contribution is -2.14. The topological polar surface area (TPSA) is 17.1 Å². The van der Waals surface area contributed by atoms with E-state index in [0.29, 0.717) is 17.6 Å². The number of aryl methyl sites for hydroxylation is 2. The van der Waals surface area contributed by atoms with Gasteiger partial charge in [-0.3, -0.25) is 4.79 Å². The second-order valence-corrected chi connectivity index (χ2v) is 15.9. The van der Waals surface area contributed by atoms with Crippen molar-refractivity contribution in [3.8, 4) is 22.3 Å². The van der Waals surface area contributed by atoms with Gasteiger partial charge in [0.05, 0.1) is 0 Å². The Hall–Kier alpha value is -3.45. The Kier molecular flexibility index (Phi) is 13.6. The van der Waals surface area contributed by atoms with E-state index < -0.39 is 0 Å². The zero-order valence-corrected chi connectivity index (χ0v) is 31.2. The Morgan fingerprint density at radius 3 is 1.10 bits per heavy atom. The highest BCUT2D eigenvalue weighted by Crippen LogP contribution is 2.40. The maximum atomic E-state index is 12.8. The first-order valence-electron chi connectivity index (χ1n) is 20.5. The van der Waals surface area contributed by atoms with Gasteiger partial charge < -0.3 is 0 Å². The smallest absolute Gasteiger partial charge is 0.132 e. The molecule has 2 aliphatic rings. The molecule has 2 aliphatic carbocycles.